The highest BCUT2D eigenvalue weighted by Crippen LogP contribution is 2.38. The van der Waals surface area contributed by atoms with E-state index in [1.54, 1.807) is 25.3 Å². The maximum Gasteiger partial charge on any atom is 0.426 e. The molecule has 2 aromatic heterocycles. The summed E-state index contributed by atoms with van der Waals surface area (Å²) < 4.78 is 72.2. The number of anilines is 1. The van der Waals surface area contributed by atoms with E-state index >= 15 is 4.39 Å². The van der Waals surface area contributed by atoms with Crippen molar-refractivity contribution in [2.75, 3.05) is 4.31 Å². The number of nitrogens with zero attached hydrogens (tertiary/aromatic N) is 4. The first-order valence-electron chi connectivity index (χ1n) is 10.2. The normalized spacial score (nSPS) is 11.4. The van der Waals surface area contributed by atoms with Gasteiger partial charge in [0.25, 0.3) is 10.0 Å². The third-order valence-corrected chi connectivity index (χ3v) is 6.85. The predicted molar refractivity (Wildman–Crippen MR) is 121 cm³/mol. The van der Waals surface area contributed by atoms with E-state index in [2.05, 4.69) is 10.1 Å². The van der Waals surface area contributed by atoms with Crippen molar-refractivity contribution in [3.63, 3.8) is 0 Å². The van der Waals surface area contributed by atoms with Crippen LogP contribution in [0.3, 0.4) is 0 Å². The molecule has 0 atom stereocenters. The second-order valence-electron chi connectivity index (χ2n) is 7.22. The molecule has 0 aliphatic rings. The van der Waals surface area contributed by atoms with Gasteiger partial charge in [-0.2, -0.15) is 9.40 Å². The third kappa shape index (κ3) is 4.23. The predicted octanol–water partition coefficient (Wildman–Crippen LogP) is 4.92. The Labute approximate surface area is 197 Å². The highest BCUT2D eigenvalue weighted by molar-refractivity contribution is 7.93. The Balaban J connectivity index is 1.97. The zero-order valence-corrected chi connectivity index (χ0v) is 18.9. The molecule has 1 N–H and O–H groups in total. The van der Waals surface area contributed by atoms with Gasteiger partial charge in [-0.3, -0.25) is 9.67 Å². The van der Waals surface area contributed by atoms with E-state index in [-0.39, 0.29) is 10.00 Å². The molecular formula is C23H17F3N4O4S. The molecule has 0 saturated heterocycles. The number of sulfonamides is 1. The minimum Gasteiger partial charge on any atom is -0.464 e. The highest BCUT2D eigenvalue weighted by atomic mass is 32.2. The lowest BCUT2D eigenvalue weighted by Crippen LogP contribution is -2.37. The summed E-state index contributed by atoms with van der Waals surface area (Å²) in [5, 5.41) is 13.9. The van der Waals surface area contributed by atoms with Crippen molar-refractivity contribution in [1.82, 2.24) is 14.8 Å². The zero-order valence-electron chi connectivity index (χ0n) is 18.1. The van der Waals surface area contributed by atoms with Crippen LogP contribution >= 0.6 is 0 Å². The lowest BCUT2D eigenvalue weighted by atomic mass is 10.0. The Morgan fingerprint density at radius 3 is 2.34 bits per heavy atom. The molecule has 8 nitrogen and oxygen atoms in total. The molecule has 0 aliphatic heterocycles. The van der Waals surface area contributed by atoms with Gasteiger partial charge in [0.05, 0.1) is 5.56 Å². The van der Waals surface area contributed by atoms with Gasteiger partial charge >= 0.3 is 6.09 Å². The molecule has 4 aromatic rings. The number of carboxylic acid groups (broad SMARTS) is 1. The molecule has 0 radical (unpaired) electrons. The number of hydrogen-bond acceptors (Lipinski definition) is 5. The summed E-state index contributed by atoms with van der Waals surface area (Å²) in [7, 11) is -5.12. The Kier molecular flexibility index (Phi) is 6.31. The van der Waals surface area contributed by atoms with Gasteiger partial charge < -0.3 is 5.11 Å². The van der Waals surface area contributed by atoms with E-state index in [1.807, 2.05) is 0 Å². The summed E-state index contributed by atoms with van der Waals surface area (Å²) in [6, 6.07) is 8.61. The third-order valence-electron chi connectivity index (χ3n) is 5.13. The molecule has 2 aromatic carbocycles. The first-order valence-corrected chi connectivity index (χ1v) is 11.6. The molecule has 0 saturated carbocycles. The van der Waals surface area contributed by atoms with E-state index in [1.165, 1.54) is 29.2 Å². The van der Waals surface area contributed by atoms with Crippen LogP contribution in [0.5, 0.6) is 0 Å². The van der Waals surface area contributed by atoms with E-state index in [0.717, 1.165) is 18.2 Å². The van der Waals surface area contributed by atoms with Gasteiger partial charge in [0.1, 0.15) is 27.9 Å². The number of amides is 1. The Morgan fingerprint density at radius 2 is 1.71 bits per heavy atom. The van der Waals surface area contributed by atoms with Crippen LogP contribution in [0.1, 0.15) is 6.92 Å². The molecule has 4 rings (SSSR count). The molecular weight excluding hydrogens is 485 g/mol. The molecule has 0 fully saturated rings. The summed E-state index contributed by atoms with van der Waals surface area (Å²) in [6.45, 7) is 2.10. The van der Waals surface area contributed by atoms with E-state index in [9.17, 15) is 27.1 Å². The summed E-state index contributed by atoms with van der Waals surface area (Å²) in [5.74, 6) is -3.83. The Morgan fingerprint density at radius 1 is 1.03 bits per heavy atom. The van der Waals surface area contributed by atoms with Crippen LogP contribution in [0, 0.1) is 17.5 Å². The number of pyridine rings is 1. The maximum absolute atomic E-state index is 15.8. The number of aryl methyl sites for hydroxylation is 1. The van der Waals surface area contributed by atoms with Crippen molar-refractivity contribution in [2.24, 2.45) is 0 Å². The monoisotopic (exact) mass is 502 g/mol. The number of hydrogen-bond donors (Lipinski definition) is 1. The quantitative estimate of drug-likeness (QED) is 0.401. The van der Waals surface area contributed by atoms with Crippen LogP contribution in [0.2, 0.25) is 0 Å². The standard InChI is InChI=1S/C23H17F3N4O4S/c1-2-29-13-15(14-9-11-27-12-10-14)22(28-29)20-17(25)7-8-18(21(20)26)30(23(31)32)35(33,34)19-6-4-3-5-16(19)24/h3-13H,2H2,1H3,(H,31,32). The number of rotatable bonds is 6. The Bertz CT molecular complexity index is 1530. The summed E-state index contributed by atoms with van der Waals surface area (Å²) in [5.41, 5.74) is -1.10. The van der Waals surface area contributed by atoms with E-state index in [4.69, 9.17) is 0 Å². The lowest BCUT2D eigenvalue weighted by molar-refractivity contribution is 0.206. The van der Waals surface area contributed by atoms with Crippen molar-refractivity contribution in [3.05, 3.63) is 84.6 Å². The fourth-order valence-corrected chi connectivity index (χ4v) is 4.88. The minimum atomic E-state index is -5.12. The van der Waals surface area contributed by atoms with Gasteiger partial charge in [-0.25, -0.2) is 26.4 Å². The van der Waals surface area contributed by atoms with E-state index in [0.29, 0.717) is 23.7 Å². The van der Waals surface area contributed by atoms with Crippen molar-refractivity contribution in [2.45, 2.75) is 18.4 Å². The molecule has 0 unspecified atom stereocenters. The van der Waals surface area contributed by atoms with Crippen molar-refractivity contribution in [3.8, 4) is 22.4 Å². The highest BCUT2D eigenvalue weighted by Gasteiger charge is 2.36. The van der Waals surface area contributed by atoms with Gasteiger partial charge in [0.2, 0.25) is 0 Å². The van der Waals surface area contributed by atoms with Gasteiger partial charge in [0.15, 0.2) is 5.82 Å². The second kappa shape index (κ2) is 9.22. The molecule has 12 heteroatoms. The van der Waals surface area contributed by atoms with Gasteiger partial charge in [-0.1, -0.05) is 12.1 Å². The van der Waals surface area contributed by atoms with Crippen molar-refractivity contribution >= 4 is 21.8 Å². The van der Waals surface area contributed by atoms with Crippen molar-refractivity contribution in [1.29, 1.82) is 0 Å². The number of aromatic nitrogens is 3. The van der Waals surface area contributed by atoms with Crippen LogP contribution < -0.4 is 4.31 Å². The minimum absolute atomic E-state index is 0.177. The second-order valence-corrected chi connectivity index (χ2v) is 8.98. The van der Waals surface area contributed by atoms with E-state index < -0.39 is 49.7 Å². The number of halogens is 3. The van der Waals surface area contributed by atoms with Gasteiger partial charge in [0, 0.05) is 30.7 Å². The summed E-state index contributed by atoms with van der Waals surface area (Å²) in [6.07, 6.45) is 2.37. The lowest BCUT2D eigenvalue weighted by Gasteiger charge is -2.21. The van der Waals surface area contributed by atoms with Crippen LogP contribution in [-0.2, 0) is 16.6 Å². The van der Waals surface area contributed by atoms with Gasteiger partial charge in [-0.15, -0.1) is 0 Å². The molecule has 35 heavy (non-hydrogen) atoms. The molecule has 180 valence electrons. The molecule has 1 amide bonds. The van der Waals surface area contributed by atoms with Crippen LogP contribution in [0.25, 0.3) is 22.4 Å². The average molecular weight is 502 g/mol. The molecule has 2 heterocycles. The average Bonchev–Trinajstić information content (AvgIpc) is 3.25. The molecule has 0 bridgehead atoms. The zero-order chi connectivity index (χ0) is 25.3. The van der Waals surface area contributed by atoms with Crippen molar-refractivity contribution < 1.29 is 31.5 Å². The topological polar surface area (TPSA) is 105 Å². The van der Waals surface area contributed by atoms with Gasteiger partial charge in [-0.05, 0) is 48.9 Å². The fourth-order valence-electron chi connectivity index (χ4n) is 3.51. The Hall–Kier alpha value is -4.19. The fraction of sp³-hybridized carbons (Fsp3) is 0.0870. The van der Waals surface area contributed by atoms with Crippen LogP contribution in [0.15, 0.2) is 72.0 Å². The number of carbonyl (C=O) groups is 1. The maximum atomic E-state index is 15.8. The largest absolute Gasteiger partial charge is 0.464 e. The molecule has 0 aliphatic carbocycles. The molecule has 0 spiro atoms. The number of benzene rings is 2. The smallest absolute Gasteiger partial charge is 0.426 e. The summed E-state index contributed by atoms with van der Waals surface area (Å²) >= 11 is 0. The first kappa shape index (κ1) is 24.0. The summed E-state index contributed by atoms with van der Waals surface area (Å²) in [4.78, 5) is 14.9. The van der Waals surface area contributed by atoms with Crippen LogP contribution in [0.4, 0.5) is 23.7 Å². The first-order chi connectivity index (χ1) is 16.7. The SMILES string of the molecule is CCn1cc(-c2ccncc2)c(-c2c(F)ccc(N(C(=O)O)S(=O)(=O)c3ccccc3F)c2F)n1. The van der Waals surface area contributed by atoms with Crippen LogP contribution in [-0.4, -0.2) is 34.4 Å².